The van der Waals surface area contributed by atoms with Crippen LogP contribution in [0.1, 0.15) is 42.8 Å². The first-order chi connectivity index (χ1) is 9.63. The molecule has 20 heavy (non-hydrogen) atoms. The summed E-state index contributed by atoms with van der Waals surface area (Å²) in [6.45, 7) is 10.4. The molecule has 1 aromatic rings. The fourth-order valence-electron chi connectivity index (χ4n) is 2.20. The van der Waals surface area contributed by atoms with Gasteiger partial charge in [0.1, 0.15) is 0 Å². The summed E-state index contributed by atoms with van der Waals surface area (Å²) in [6.07, 6.45) is 3.22. The van der Waals surface area contributed by atoms with Gasteiger partial charge in [0, 0.05) is 30.4 Å². The molecule has 4 nitrogen and oxygen atoms in total. The van der Waals surface area contributed by atoms with Gasteiger partial charge in [0.05, 0.1) is 10.7 Å². The van der Waals surface area contributed by atoms with Gasteiger partial charge >= 0.3 is 0 Å². The van der Waals surface area contributed by atoms with E-state index in [1.165, 1.54) is 22.0 Å². The molecule has 0 aromatic carbocycles. The van der Waals surface area contributed by atoms with Crippen molar-refractivity contribution in [1.29, 1.82) is 0 Å². The van der Waals surface area contributed by atoms with Gasteiger partial charge in [-0.05, 0) is 32.6 Å². The molecule has 0 radical (unpaired) electrons. The molecule has 112 valence electrons. The molecule has 0 bridgehead atoms. The zero-order valence-electron chi connectivity index (χ0n) is 13.0. The van der Waals surface area contributed by atoms with Crippen molar-refractivity contribution in [2.24, 2.45) is 10.9 Å². The topological polar surface area (TPSA) is 49.3 Å². The number of guanidine groups is 1. The molecule has 1 heterocycles. The van der Waals surface area contributed by atoms with E-state index in [0.717, 1.165) is 37.8 Å². The Morgan fingerprint density at radius 3 is 2.75 bits per heavy atom. The van der Waals surface area contributed by atoms with Gasteiger partial charge in [-0.15, -0.1) is 11.3 Å². The summed E-state index contributed by atoms with van der Waals surface area (Å²) in [5, 5.41) is 8.00. The average Bonchev–Trinajstić information content (AvgIpc) is 2.97. The smallest absolute Gasteiger partial charge is 0.191 e. The summed E-state index contributed by atoms with van der Waals surface area (Å²) in [7, 11) is 0. The van der Waals surface area contributed by atoms with Crippen molar-refractivity contribution in [2.45, 2.75) is 53.0 Å². The quantitative estimate of drug-likeness (QED) is 0.626. The first-order valence-corrected chi connectivity index (χ1v) is 8.45. The number of aryl methyl sites for hydroxylation is 2. The average molecular weight is 294 g/mol. The van der Waals surface area contributed by atoms with Crippen LogP contribution in [0.2, 0.25) is 0 Å². The fourth-order valence-corrected chi connectivity index (χ4v) is 3.22. The van der Waals surface area contributed by atoms with Crippen molar-refractivity contribution in [3.8, 4) is 0 Å². The summed E-state index contributed by atoms with van der Waals surface area (Å²) in [4.78, 5) is 10.7. The van der Waals surface area contributed by atoms with Gasteiger partial charge in [-0.1, -0.05) is 13.8 Å². The lowest BCUT2D eigenvalue weighted by Gasteiger charge is -2.10. The third kappa shape index (κ3) is 4.20. The molecule has 1 aliphatic carbocycles. The van der Waals surface area contributed by atoms with E-state index in [-0.39, 0.29) is 0 Å². The van der Waals surface area contributed by atoms with Crippen LogP contribution in [0.25, 0.3) is 0 Å². The highest BCUT2D eigenvalue weighted by Gasteiger charge is 2.33. The van der Waals surface area contributed by atoms with E-state index < -0.39 is 0 Å². The Morgan fingerprint density at radius 2 is 2.20 bits per heavy atom. The molecule has 0 saturated heterocycles. The summed E-state index contributed by atoms with van der Waals surface area (Å²) in [5.74, 6) is 1.73. The highest BCUT2D eigenvalue weighted by Crippen LogP contribution is 2.28. The Morgan fingerprint density at radius 1 is 1.45 bits per heavy atom. The fraction of sp³-hybridized carbons (Fsp3) is 0.733. The Labute approximate surface area is 126 Å². The number of aromatic nitrogens is 1. The molecule has 1 saturated carbocycles. The summed E-state index contributed by atoms with van der Waals surface area (Å²) in [6, 6.07) is 0.613. The third-order valence-corrected chi connectivity index (χ3v) is 4.72. The van der Waals surface area contributed by atoms with Crippen molar-refractivity contribution in [3.63, 3.8) is 0 Å². The summed E-state index contributed by atoms with van der Waals surface area (Å²) >= 11 is 1.81. The number of nitrogens with zero attached hydrogens (tertiary/aromatic N) is 2. The van der Waals surface area contributed by atoms with Crippen molar-refractivity contribution in [1.82, 2.24) is 15.6 Å². The predicted molar refractivity (Wildman–Crippen MR) is 86.6 cm³/mol. The molecule has 0 aliphatic heterocycles. The lowest BCUT2D eigenvalue weighted by Crippen LogP contribution is -2.39. The molecule has 1 aromatic heterocycles. The van der Waals surface area contributed by atoms with Gasteiger partial charge < -0.3 is 10.6 Å². The molecular weight excluding hydrogens is 268 g/mol. The molecule has 1 fully saturated rings. The van der Waals surface area contributed by atoms with Crippen molar-refractivity contribution in [2.75, 3.05) is 13.1 Å². The maximum absolute atomic E-state index is 4.66. The second-order valence-corrected chi connectivity index (χ2v) is 6.73. The minimum Gasteiger partial charge on any atom is -0.357 e. The Bertz CT molecular complexity index is 466. The summed E-state index contributed by atoms with van der Waals surface area (Å²) in [5.41, 5.74) is 1.24. The van der Waals surface area contributed by atoms with Gasteiger partial charge in [-0.3, -0.25) is 4.99 Å². The van der Waals surface area contributed by atoms with Gasteiger partial charge in [0.25, 0.3) is 0 Å². The van der Waals surface area contributed by atoms with Gasteiger partial charge in [-0.2, -0.15) is 0 Å². The molecule has 5 heteroatoms. The van der Waals surface area contributed by atoms with Crippen molar-refractivity contribution in [3.05, 3.63) is 15.6 Å². The Kier molecular flexibility index (Phi) is 5.40. The maximum Gasteiger partial charge on any atom is 0.191 e. The van der Waals surface area contributed by atoms with Crippen LogP contribution in [0.5, 0.6) is 0 Å². The van der Waals surface area contributed by atoms with E-state index in [1.807, 2.05) is 11.3 Å². The van der Waals surface area contributed by atoms with Gasteiger partial charge in [0.2, 0.25) is 0 Å². The number of nitrogens with one attached hydrogen (secondary N) is 2. The van der Waals surface area contributed by atoms with E-state index in [9.17, 15) is 0 Å². The molecule has 0 amide bonds. The Hall–Kier alpha value is -1.10. The first kappa shape index (κ1) is 15.3. The standard InChI is InChI=1S/C15H26N4S/c1-5-12-11(4)20-14(18-12)7-8-17-15(16-6-2)19-13-9-10(13)3/h10,13H,5-9H2,1-4H3,(H2,16,17,19). The van der Waals surface area contributed by atoms with E-state index in [0.29, 0.717) is 6.04 Å². The van der Waals surface area contributed by atoms with Crippen molar-refractivity contribution < 1.29 is 0 Å². The normalized spacial score (nSPS) is 21.9. The lowest BCUT2D eigenvalue weighted by molar-refractivity contribution is 0.764. The van der Waals surface area contributed by atoms with Crippen molar-refractivity contribution >= 4 is 17.3 Å². The zero-order valence-corrected chi connectivity index (χ0v) is 13.8. The largest absolute Gasteiger partial charge is 0.357 e. The van der Waals surface area contributed by atoms with Crippen LogP contribution in [0.4, 0.5) is 0 Å². The highest BCUT2D eigenvalue weighted by atomic mass is 32.1. The van der Waals surface area contributed by atoms with E-state index in [1.54, 1.807) is 0 Å². The zero-order chi connectivity index (χ0) is 14.5. The third-order valence-electron chi connectivity index (χ3n) is 3.64. The van der Waals surface area contributed by atoms with Gasteiger partial charge in [-0.25, -0.2) is 4.98 Å². The molecule has 2 rings (SSSR count). The minimum atomic E-state index is 0.613. The van der Waals surface area contributed by atoms with E-state index in [2.05, 4.69) is 48.3 Å². The number of thiazole rings is 1. The van der Waals surface area contributed by atoms with Crippen LogP contribution < -0.4 is 10.6 Å². The van der Waals surface area contributed by atoms with Crippen LogP contribution in [0.3, 0.4) is 0 Å². The maximum atomic E-state index is 4.66. The Balaban J connectivity index is 1.85. The first-order valence-electron chi connectivity index (χ1n) is 7.64. The van der Waals surface area contributed by atoms with Gasteiger partial charge in [0.15, 0.2) is 5.96 Å². The number of hydrogen-bond donors (Lipinski definition) is 2. The molecule has 2 atom stereocenters. The van der Waals surface area contributed by atoms with Crippen LogP contribution >= 0.6 is 11.3 Å². The van der Waals surface area contributed by atoms with E-state index in [4.69, 9.17) is 0 Å². The number of rotatable bonds is 6. The second kappa shape index (κ2) is 7.07. The highest BCUT2D eigenvalue weighted by molar-refractivity contribution is 7.11. The predicted octanol–water partition coefficient (Wildman–Crippen LogP) is 2.52. The molecule has 2 unspecified atom stereocenters. The summed E-state index contributed by atoms with van der Waals surface area (Å²) < 4.78 is 0. The number of aliphatic imine (C=N–C) groups is 1. The lowest BCUT2D eigenvalue weighted by atomic mass is 10.3. The van der Waals surface area contributed by atoms with Crippen LogP contribution in [-0.2, 0) is 12.8 Å². The van der Waals surface area contributed by atoms with Crippen LogP contribution in [0.15, 0.2) is 4.99 Å². The number of hydrogen-bond acceptors (Lipinski definition) is 3. The second-order valence-electron chi connectivity index (χ2n) is 5.44. The molecule has 2 N–H and O–H groups in total. The monoisotopic (exact) mass is 294 g/mol. The molecule has 0 spiro atoms. The van der Waals surface area contributed by atoms with Crippen LogP contribution in [0, 0.1) is 12.8 Å². The van der Waals surface area contributed by atoms with E-state index >= 15 is 0 Å². The molecule has 1 aliphatic rings. The SMILES string of the molecule is CCNC(=NCCc1nc(CC)c(C)s1)NC1CC1C. The van der Waals surface area contributed by atoms with Crippen LogP contribution in [-0.4, -0.2) is 30.1 Å². The molecular formula is C15H26N4S. The minimum absolute atomic E-state index is 0.613.